The Kier molecular flexibility index (Phi) is 4.21. The van der Waals surface area contributed by atoms with Crippen LogP contribution in [0, 0.1) is 0 Å². The van der Waals surface area contributed by atoms with Gasteiger partial charge in [-0.15, -0.1) is 0 Å². The number of halogens is 1. The normalized spacial score (nSPS) is 14.0. The van der Waals surface area contributed by atoms with Crippen LogP contribution in [-0.2, 0) is 4.79 Å². The molecule has 0 radical (unpaired) electrons. The summed E-state index contributed by atoms with van der Waals surface area (Å²) in [4.78, 5) is 18.4. The van der Waals surface area contributed by atoms with Gasteiger partial charge in [0.2, 0.25) is 11.0 Å². The van der Waals surface area contributed by atoms with Gasteiger partial charge in [-0.05, 0) is 40.9 Å². The molecule has 1 N–H and O–H groups in total. The molecular weight excluding hydrogens is 352 g/mol. The third-order valence-corrected chi connectivity index (χ3v) is 4.76. The summed E-state index contributed by atoms with van der Waals surface area (Å²) in [6, 6.07) is 7.55. The molecule has 3 rings (SSSR count). The summed E-state index contributed by atoms with van der Waals surface area (Å²) < 4.78 is 5.22. The molecule has 7 heteroatoms. The number of carbonyl (C=O) groups is 1. The first kappa shape index (κ1) is 14.5. The van der Waals surface area contributed by atoms with Gasteiger partial charge >= 0.3 is 0 Å². The molecule has 1 aromatic heterocycles. The summed E-state index contributed by atoms with van der Waals surface area (Å²) in [6.07, 6.45) is 2.37. The van der Waals surface area contributed by atoms with Crippen LogP contribution in [0.2, 0.25) is 0 Å². The highest BCUT2D eigenvalue weighted by Gasteiger charge is 2.28. The molecule has 0 atom stereocenters. The lowest BCUT2D eigenvalue weighted by Crippen LogP contribution is -2.30. The maximum Gasteiger partial charge on any atom is 0.243 e. The first-order valence-corrected chi connectivity index (χ1v) is 8.29. The third kappa shape index (κ3) is 3.59. The average molecular weight is 367 g/mol. The first-order valence-electron chi connectivity index (χ1n) is 6.72. The molecule has 0 bridgehead atoms. The molecule has 110 valence electrons. The lowest BCUT2D eigenvalue weighted by molar-refractivity contribution is -0.114. The molecule has 1 amide bonds. The standard InChI is InChI=1S/C14H15BrN4OS/c1-19(14-17-13(18-21-14)9-6-7-9)8-12(20)16-11-5-3-2-4-10(11)15/h2-5,9H,6-8H2,1H3,(H,16,20). The summed E-state index contributed by atoms with van der Waals surface area (Å²) in [6.45, 7) is 0.251. The monoisotopic (exact) mass is 366 g/mol. The number of hydrogen-bond acceptors (Lipinski definition) is 5. The van der Waals surface area contributed by atoms with Gasteiger partial charge in [0.05, 0.1) is 12.2 Å². The maximum absolute atomic E-state index is 12.1. The van der Waals surface area contributed by atoms with Crippen LogP contribution in [0.4, 0.5) is 10.8 Å². The van der Waals surface area contributed by atoms with E-state index in [0.29, 0.717) is 5.92 Å². The molecule has 21 heavy (non-hydrogen) atoms. The van der Waals surface area contributed by atoms with E-state index in [1.54, 1.807) is 0 Å². The number of aromatic nitrogens is 2. The minimum Gasteiger partial charge on any atom is -0.341 e. The molecule has 0 spiro atoms. The Morgan fingerprint density at radius 2 is 2.24 bits per heavy atom. The Labute approximate surface area is 135 Å². The first-order chi connectivity index (χ1) is 10.1. The Morgan fingerprint density at radius 1 is 1.48 bits per heavy atom. The second-order valence-electron chi connectivity index (χ2n) is 5.09. The fraction of sp³-hybridized carbons (Fsp3) is 0.357. The molecule has 1 aliphatic carbocycles. The van der Waals surface area contributed by atoms with Crippen LogP contribution in [0.25, 0.3) is 0 Å². The molecular formula is C14H15BrN4OS. The van der Waals surface area contributed by atoms with Gasteiger partial charge in [0.1, 0.15) is 5.82 Å². The van der Waals surface area contributed by atoms with Crippen LogP contribution in [0.15, 0.2) is 28.7 Å². The second kappa shape index (κ2) is 6.11. The molecule has 0 unspecified atom stereocenters. The van der Waals surface area contributed by atoms with E-state index >= 15 is 0 Å². The van der Waals surface area contributed by atoms with Crippen molar-refractivity contribution in [2.24, 2.45) is 0 Å². The van der Waals surface area contributed by atoms with Crippen LogP contribution in [0.5, 0.6) is 0 Å². The quantitative estimate of drug-likeness (QED) is 0.882. The molecule has 2 aromatic rings. The van der Waals surface area contributed by atoms with E-state index in [9.17, 15) is 4.79 Å². The molecule has 1 saturated carbocycles. The van der Waals surface area contributed by atoms with Crippen molar-refractivity contribution in [1.82, 2.24) is 9.36 Å². The van der Waals surface area contributed by atoms with Gasteiger partial charge < -0.3 is 10.2 Å². The molecule has 5 nitrogen and oxygen atoms in total. The summed E-state index contributed by atoms with van der Waals surface area (Å²) in [5, 5.41) is 3.67. The summed E-state index contributed by atoms with van der Waals surface area (Å²) in [7, 11) is 1.86. The number of rotatable bonds is 5. The largest absolute Gasteiger partial charge is 0.341 e. The predicted octanol–water partition coefficient (Wildman–Crippen LogP) is 3.25. The van der Waals surface area contributed by atoms with Crippen molar-refractivity contribution >= 4 is 44.2 Å². The maximum atomic E-state index is 12.1. The zero-order chi connectivity index (χ0) is 14.8. The molecule has 1 aromatic carbocycles. The molecule has 0 saturated heterocycles. The number of hydrogen-bond donors (Lipinski definition) is 1. The van der Waals surface area contributed by atoms with Crippen molar-refractivity contribution < 1.29 is 4.79 Å². The number of para-hydroxylation sites is 1. The lowest BCUT2D eigenvalue weighted by atomic mass is 10.3. The molecule has 1 fully saturated rings. The van der Waals surface area contributed by atoms with E-state index in [0.717, 1.165) is 21.1 Å². The van der Waals surface area contributed by atoms with Gasteiger partial charge in [0.25, 0.3) is 0 Å². The van der Waals surface area contributed by atoms with Gasteiger partial charge in [-0.1, -0.05) is 12.1 Å². The Hall–Kier alpha value is -1.47. The van der Waals surface area contributed by atoms with Crippen LogP contribution in [-0.4, -0.2) is 28.9 Å². The van der Waals surface area contributed by atoms with E-state index < -0.39 is 0 Å². The molecule has 0 aliphatic heterocycles. The smallest absolute Gasteiger partial charge is 0.243 e. The second-order valence-corrected chi connectivity index (χ2v) is 6.68. The number of nitrogens with zero attached hydrogens (tertiary/aromatic N) is 3. The summed E-state index contributed by atoms with van der Waals surface area (Å²) in [5.74, 6) is 1.39. The zero-order valence-corrected chi connectivity index (χ0v) is 13.9. The van der Waals surface area contributed by atoms with E-state index in [2.05, 4.69) is 30.6 Å². The zero-order valence-electron chi connectivity index (χ0n) is 11.5. The minimum absolute atomic E-state index is 0.0763. The van der Waals surface area contributed by atoms with Crippen LogP contribution in [0.3, 0.4) is 0 Å². The van der Waals surface area contributed by atoms with Gasteiger partial charge in [-0.25, -0.2) is 4.98 Å². The van der Waals surface area contributed by atoms with Crippen molar-refractivity contribution in [2.45, 2.75) is 18.8 Å². The van der Waals surface area contributed by atoms with Crippen LogP contribution >= 0.6 is 27.5 Å². The predicted molar refractivity (Wildman–Crippen MR) is 87.9 cm³/mol. The van der Waals surface area contributed by atoms with E-state index in [4.69, 9.17) is 0 Å². The fourth-order valence-corrected chi connectivity index (χ4v) is 3.01. The summed E-state index contributed by atoms with van der Waals surface area (Å²) >= 11 is 4.77. The number of amides is 1. The molecule has 1 aliphatic rings. The highest BCUT2D eigenvalue weighted by atomic mass is 79.9. The Morgan fingerprint density at radius 3 is 2.95 bits per heavy atom. The van der Waals surface area contributed by atoms with Crippen molar-refractivity contribution in [1.29, 1.82) is 0 Å². The van der Waals surface area contributed by atoms with Gasteiger partial charge in [-0.2, -0.15) is 4.37 Å². The van der Waals surface area contributed by atoms with E-state index in [1.807, 2.05) is 36.2 Å². The van der Waals surface area contributed by atoms with Crippen molar-refractivity contribution in [2.75, 3.05) is 23.8 Å². The van der Waals surface area contributed by atoms with Crippen molar-refractivity contribution in [3.05, 3.63) is 34.6 Å². The number of benzene rings is 1. The topological polar surface area (TPSA) is 58.1 Å². The highest BCUT2D eigenvalue weighted by Crippen LogP contribution is 2.39. The van der Waals surface area contributed by atoms with Crippen molar-refractivity contribution in [3.63, 3.8) is 0 Å². The van der Waals surface area contributed by atoms with Gasteiger partial charge in [-0.3, -0.25) is 4.79 Å². The summed E-state index contributed by atoms with van der Waals surface area (Å²) in [5.41, 5.74) is 0.770. The SMILES string of the molecule is CN(CC(=O)Nc1ccccc1Br)c1nc(C2CC2)ns1. The number of likely N-dealkylation sites (N-methyl/N-ethyl adjacent to an activating group) is 1. The number of anilines is 2. The number of carbonyl (C=O) groups excluding carboxylic acids is 1. The Balaban J connectivity index is 1.59. The van der Waals surface area contributed by atoms with E-state index in [-0.39, 0.29) is 12.5 Å². The lowest BCUT2D eigenvalue weighted by Gasteiger charge is -2.15. The van der Waals surface area contributed by atoms with Crippen LogP contribution in [0.1, 0.15) is 24.6 Å². The number of nitrogens with one attached hydrogen (secondary N) is 1. The van der Waals surface area contributed by atoms with E-state index in [1.165, 1.54) is 24.4 Å². The van der Waals surface area contributed by atoms with Gasteiger partial charge in [0, 0.05) is 29.0 Å². The highest BCUT2D eigenvalue weighted by molar-refractivity contribution is 9.10. The van der Waals surface area contributed by atoms with Crippen LogP contribution < -0.4 is 10.2 Å². The minimum atomic E-state index is -0.0763. The van der Waals surface area contributed by atoms with Gasteiger partial charge in [0.15, 0.2) is 0 Å². The third-order valence-electron chi connectivity index (χ3n) is 3.23. The molecule has 1 heterocycles. The Bertz CT molecular complexity index is 656. The van der Waals surface area contributed by atoms with Crippen molar-refractivity contribution in [3.8, 4) is 0 Å². The average Bonchev–Trinajstić information content (AvgIpc) is 3.18. The fourth-order valence-electron chi connectivity index (χ4n) is 1.92.